The average molecular weight is 329 g/mol. The van der Waals surface area contributed by atoms with Gasteiger partial charge in [-0.2, -0.15) is 0 Å². The Morgan fingerprint density at radius 3 is 2.21 bits per heavy atom. The van der Waals surface area contributed by atoms with Gasteiger partial charge in [-0.15, -0.1) is 0 Å². The van der Waals surface area contributed by atoms with Crippen molar-refractivity contribution < 1.29 is 24.0 Å². The number of benzene rings is 2. The van der Waals surface area contributed by atoms with Gasteiger partial charge >= 0.3 is 11.9 Å². The number of nitro groups is 1. The molecule has 24 heavy (non-hydrogen) atoms. The van der Waals surface area contributed by atoms with E-state index < -0.39 is 22.8 Å². The number of esters is 2. The van der Waals surface area contributed by atoms with Crippen LogP contribution in [0.15, 0.2) is 48.5 Å². The summed E-state index contributed by atoms with van der Waals surface area (Å²) in [6.07, 6.45) is 0. The molecule has 0 aliphatic heterocycles. The van der Waals surface area contributed by atoms with Crippen molar-refractivity contribution in [1.29, 1.82) is 0 Å². The number of hydrogen-bond acceptors (Lipinski definition) is 6. The molecule has 0 saturated heterocycles. The molecule has 7 nitrogen and oxygen atoms in total. The second kappa shape index (κ2) is 7.36. The molecule has 0 radical (unpaired) electrons. The Morgan fingerprint density at radius 1 is 1.00 bits per heavy atom. The van der Waals surface area contributed by atoms with E-state index in [0.717, 1.165) is 7.11 Å². The quantitative estimate of drug-likeness (QED) is 0.475. The molecule has 2 rings (SSSR count). The summed E-state index contributed by atoms with van der Waals surface area (Å²) >= 11 is 0. The molecule has 0 fully saturated rings. The van der Waals surface area contributed by atoms with Gasteiger partial charge in [0.05, 0.1) is 19.1 Å². The van der Waals surface area contributed by atoms with E-state index in [2.05, 4.69) is 4.74 Å². The predicted molar refractivity (Wildman–Crippen MR) is 84.7 cm³/mol. The van der Waals surface area contributed by atoms with Crippen molar-refractivity contribution in [2.45, 2.75) is 5.92 Å². The summed E-state index contributed by atoms with van der Waals surface area (Å²) in [5, 5.41) is 11.1. The van der Waals surface area contributed by atoms with Crippen LogP contribution in [-0.2, 0) is 14.3 Å². The lowest BCUT2D eigenvalue weighted by atomic mass is 9.90. The minimum atomic E-state index is -0.847. The third-order valence-electron chi connectivity index (χ3n) is 3.53. The van der Waals surface area contributed by atoms with Crippen LogP contribution in [0.4, 0.5) is 5.69 Å². The fourth-order valence-corrected chi connectivity index (χ4v) is 2.39. The van der Waals surface area contributed by atoms with E-state index in [1.165, 1.54) is 25.3 Å². The van der Waals surface area contributed by atoms with E-state index in [-0.39, 0.29) is 11.3 Å². The van der Waals surface area contributed by atoms with Crippen LogP contribution < -0.4 is 0 Å². The van der Waals surface area contributed by atoms with Crippen molar-refractivity contribution in [2.75, 3.05) is 14.2 Å². The number of nitrogens with zero attached hydrogens (tertiary/aromatic N) is 1. The second-order valence-corrected chi connectivity index (χ2v) is 4.89. The minimum Gasteiger partial charge on any atom is -0.468 e. The molecule has 0 heterocycles. The Hall–Kier alpha value is -3.22. The first-order valence-corrected chi connectivity index (χ1v) is 6.99. The fraction of sp³-hybridized carbons (Fsp3) is 0.176. The standard InChI is InChI=1S/C17H15NO6/c1-23-16(19)13-10-12(8-9-14(13)18(21)22)15(17(20)24-2)11-6-4-3-5-7-11/h3-10,15H,1-2H3. The zero-order chi connectivity index (χ0) is 17.7. The van der Waals surface area contributed by atoms with Gasteiger partial charge in [-0.05, 0) is 17.2 Å². The van der Waals surface area contributed by atoms with Crippen molar-refractivity contribution in [3.63, 3.8) is 0 Å². The zero-order valence-corrected chi connectivity index (χ0v) is 13.1. The lowest BCUT2D eigenvalue weighted by Crippen LogP contribution is -2.17. The molecule has 1 atom stereocenters. The van der Waals surface area contributed by atoms with E-state index in [9.17, 15) is 19.7 Å². The SMILES string of the molecule is COC(=O)c1cc(C(C(=O)OC)c2ccccc2)ccc1[N+](=O)[O-]. The largest absolute Gasteiger partial charge is 0.468 e. The van der Waals surface area contributed by atoms with Gasteiger partial charge in [0.1, 0.15) is 11.5 Å². The highest BCUT2D eigenvalue weighted by molar-refractivity contribution is 5.94. The van der Waals surface area contributed by atoms with Crippen LogP contribution in [0.5, 0.6) is 0 Å². The van der Waals surface area contributed by atoms with E-state index in [1.54, 1.807) is 30.3 Å². The molecule has 0 saturated carbocycles. The zero-order valence-electron chi connectivity index (χ0n) is 13.1. The van der Waals surface area contributed by atoms with Crippen LogP contribution in [0.1, 0.15) is 27.4 Å². The van der Waals surface area contributed by atoms with Crippen LogP contribution in [-0.4, -0.2) is 31.1 Å². The molecule has 0 spiro atoms. The maximum atomic E-state index is 12.2. The number of carbonyl (C=O) groups excluding carboxylic acids is 2. The van der Waals surface area contributed by atoms with Crippen LogP contribution in [0.3, 0.4) is 0 Å². The first kappa shape index (κ1) is 17.1. The molecule has 1 unspecified atom stereocenters. The number of ether oxygens (including phenoxy) is 2. The van der Waals surface area contributed by atoms with Crippen LogP contribution in [0.2, 0.25) is 0 Å². The van der Waals surface area contributed by atoms with E-state index in [4.69, 9.17) is 4.74 Å². The first-order valence-electron chi connectivity index (χ1n) is 6.99. The Labute approximate surface area is 138 Å². The molecule has 0 bridgehead atoms. The topological polar surface area (TPSA) is 95.7 Å². The number of hydrogen-bond donors (Lipinski definition) is 0. The Kier molecular flexibility index (Phi) is 5.26. The Morgan fingerprint density at radius 2 is 1.67 bits per heavy atom. The highest BCUT2D eigenvalue weighted by Gasteiger charge is 2.28. The van der Waals surface area contributed by atoms with Crippen LogP contribution in [0, 0.1) is 10.1 Å². The summed E-state index contributed by atoms with van der Waals surface area (Å²) in [6.45, 7) is 0. The second-order valence-electron chi connectivity index (χ2n) is 4.89. The Balaban J connectivity index is 2.61. The molecule has 2 aromatic rings. The maximum Gasteiger partial charge on any atom is 0.344 e. The highest BCUT2D eigenvalue weighted by Crippen LogP contribution is 2.30. The molecule has 2 aromatic carbocycles. The first-order chi connectivity index (χ1) is 11.5. The number of methoxy groups -OCH3 is 2. The fourth-order valence-electron chi connectivity index (χ4n) is 2.39. The smallest absolute Gasteiger partial charge is 0.344 e. The van der Waals surface area contributed by atoms with E-state index in [1.807, 2.05) is 0 Å². The molecule has 0 amide bonds. The van der Waals surface area contributed by atoms with Crippen molar-refractivity contribution in [3.8, 4) is 0 Å². The summed E-state index contributed by atoms with van der Waals surface area (Å²) in [7, 11) is 2.39. The maximum absolute atomic E-state index is 12.2. The number of rotatable bonds is 5. The molecular formula is C17H15NO6. The van der Waals surface area contributed by atoms with Crippen molar-refractivity contribution in [3.05, 3.63) is 75.3 Å². The summed E-state index contributed by atoms with van der Waals surface area (Å²) in [5.74, 6) is -2.19. The summed E-state index contributed by atoms with van der Waals surface area (Å²) in [5.41, 5.74) is 0.445. The van der Waals surface area contributed by atoms with Crippen LogP contribution in [0.25, 0.3) is 0 Å². The number of nitro benzene ring substituents is 1. The van der Waals surface area contributed by atoms with Gasteiger partial charge in [-0.1, -0.05) is 36.4 Å². The molecule has 0 aliphatic rings. The summed E-state index contributed by atoms with van der Waals surface area (Å²) in [6, 6.07) is 12.7. The summed E-state index contributed by atoms with van der Waals surface area (Å²) < 4.78 is 9.43. The third-order valence-corrected chi connectivity index (χ3v) is 3.53. The van der Waals surface area contributed by atoms with Crippen molar-refractivity contribution in [1.82, 2.24) is 0 Å². The van der Waals surface area contributed by atoms with Gasteiger partial charge in [0.25, 0.3) is 5.69 Å². The molecular weight excluding hydrogens is 314 g/mol. The third kappa shape index (κ3) is 3.40. The minimum absolute atomic E-state index is 0.218. The van der Waals surface area contributed by atoms with Gasteiger partial charge in [0.2, 0.25) is 0 Å². The predicted octanol–water partition coefficient (Wildman–Crippen LogP) is 2.69. The van der Waals surface area contributed by atoms with Gasteiger partial charge in [0, 0.05) is 6.07 Å². The Bertz CT molecular complexity index is 772. The highest BCUT2D eigenvalue weighted by atomic mass is 16.6. The van der Waals surface area contributed by atoms with Crippen molar-refractivity contribution in [2.24, 2.45) is 0 Å². The molecule has 0 N–H and O–H groups in total. The van der Waals surface area contributed by atoms with E-state index in [0.29, 0.717) is 11.1 Å². The lowest BCUT2D eigenvalue weighted by Gasteiger charge is -2.16. The average Bonchev–Trinajstić information content (AvgIpc) is 2.61. The van der Waals surface area contributed by atoms with Gasteiger partial charge < -0.3 is 9.47 Å². The normalized spacial score (nSPS) is 11.4. The van der Waals surface area contributed by atoms with Gasteiger partial charge in [0.15, 0.2) is 0 Å². The lowest BCUT2D eigenvalue weighted by molar-refractivity contribution is -0.385. The van der Waals surface area contributed by atoms with E-state index >= 15 is 0 Å². The molecule has 7 heteroatoms. The van der Waals surface area contributed by atoms with Crippen molar-refractivity contribution >= 4 is 17.6 Å². The number of carbonyl (C=O) groups is 2. The molecule has 124 valence electrons. The monoisotopic (exact) mass is 329 g/mol. The van der Waals surface area contributed by atoms with Gasteiger partial charge in [-0.3, -0.25) is 14.9 Å². The molecule has 0 aromatic heterocycles. The molecule has 0 aliphatic carbocycles. The van der Waals surface area contributed by atoms with Gasteiger partial charge in [-0.25, -0.2) is 4.79 Å². The summed E-state index contributed by atoms with van der Waals surface area (Å²) in [4.78, 5) is 34.5. The van der Waals surface area contributed by atoms with Crippen LogP contribution >= 0.6 is 0 Å².